The molecule has 2 rings (SSSR count). The lowest BCUT2D eigenvalue weighted by Crippen LogP contribution is -2.17. The summed E-state index contributed by atoms with van der Waals surface area (Å²) < 4.78 is 5.66. The molecule has 1 atom stereocenters. The first-order valence-electron chi connectivity index (χ1n) is 6.27. The van der Waals surface area contributed by atoms with Gasteiger partial charge in [0.05, 0.1) is 5.56 Å². The van der Waals surface area contributed by atoms with Crippen LogP contribution in [0.15, 0.2) is 48.5 Å². The molecule has 104 valence electrons. The molecule has 0 saturated carbocycles. The molecule has 3 nitrogen and oxygen atoms in total. The van der Waals surface area contributed by atoms with Crippen LogP contribution in [0.1, 0.15) is 22.8 Å². The van der Waals surface area contributed by atoms with Crippen LogP contribution >= 0.6 is 11.6 Å². The van der Waals surface area contributed by atoms with E-state index >= 15 is 0 Å². The molecule has 0 aromatic heterocycles. The summed E-state index contributed by atoms with van der Waals surface area (Å²) in [5.74, 6) is 0.0816. The molecule has 20 heavy (non-hydrogen) atoms. The van der Waals surface area contributed by atoms with Crippen LogP contribution in [0.5, 0.6) is 5.75 Å². The second-order valence-electron chi connectivity index (χ2n) is 4.42. The molecule has 0 fully saturated rings. The SMILES string of the molecule is CC(O)C(=O)c1ccccc1OCc1ccccc1Cl. The number of para-hydroxylation sites is 1. The second-order valence-corrected chi connectivity index (χ2v) is 4.82. The first-order chi connectivity index (χ1) is 9.59. The molecular weight excluding hydrogens is 276 g/mol. The summed E-state index contributed by atoms with van der Waals surface area (Å²) in [5.41, 5.74) is 1.21. The van der Waals surface area contributed by atoms with Crippen LogP contribution in [0.25, 0.3) is 0 Å². The predicted octanol–water partition coefficient (Wildman–Crippen LogP) is 3.48. The van der Waals surface area contributed by atoms with Crippen LogP contribution in [0, 0.1) is 0 Å². The summed E-state index contributed by atoms with van der Waals surface area (Å²) in [4.78, 5) is 11.9. The largest absolute Gasteiger partial charge is 0.488 e. The van der Waals surface area contributed by atoms with Gasteiger partial charge in [-0.3, -0.25) is 4.79 Å². The number of carbonyl (C=O) groups is 1. The summed E-state index contributed by atoms with van der Waals surface area (Å²) in [6.45, 7) is 1.71. The van der Waals surface area contributed by atoms with Crippen molar-refractivity contribution in [1.82, 2.24) is 0 Å². The maximum atomic E-state index is 11.9. The van der Waals surface area contributed by atoms with Crippen molar-refractivity contribution in [2.24, 2.45) is 0 Å². The molecule has 2 aromatic rings. The van der Waals surface area contributed by atoms with E-state index in [1.54, 1.807) is 30.3 Å². The highest BCUT2D eigenvalue weighted by atomic mass is 35.5. The number of hydrogen-bond acceptors (Lipinski definition) is 3. The summed E-state index contributed by atoms with van der Waals surface area (Å²) >= 11 is 6.06. The zero-order valence-electron chi connectivity index (χ0n) is 11.0. The van der Waals surface area contributed by atoms with E-state index in [0.29, 0.717) is 16.3 Å². The van der Waals surface area contributed by atoms with Crippen LogP contribution < -0.4 is 4.74 Å². The van der Waals surface area contributed by atoms with Crippen molar-refractivity contribution >= 4 is 17.4 Å². The molecule has 1 N–H and O–H groups in total. The van der Waals surface area contributed by atoms with Gasteiger partial charge in [0.2, 0.25) is 0 Å². The zero-order valence-corrected chi connectivity index (χ0v) is 11.8. The molecule has 1 unspecified atom stereocenters. The average Bonchev–Trinajstić information content (AvgIpc) is 2.46. The fraction of sp³-hybridized carbons (Fsp3) is 0.188. The third-order valence-corrected chi connectivity index (χ3v) is 3.24. The van der Waals surface area contributed by atoms with Crippen molar-refractivity contribution in [3.63, 3.8) is 0 Å². The third kappa shape index (κ3) is 3.38. The van der Waals surface area contributed by atoms with Gasteiger partial charge >= 0.3 is 0 Å². The molecule has 0 aliphatic heterocycles. The van der Waals surface area contributed by atoms with Crippen molar-refractivity contribution in [2.45, 2.75) is 19.6 Å². The Bertz CT molecular complexity index is 608. The molecule has 0 radical (unpaired) electrons. The van der Waals surface area contributed by atoms with Gasteiger partial charge in [0.15, 0.2) is 5.78 Å². The number of rotatable bonds is 5. The van der Waals surface area contributed by atoms with Gasteiger partial charge in [-0.1, -0.05) is 41.9 Å². The normalized spacial score (nSPS) is 11.9. The maximum absolute atomic E-state index is 11.9. The number of aliphatic hydroxyl groups is 1. The standard InChI is InChI=1S/C16H15ClO3/c1-11(18)16(19)13-7-3-5-9-15(13)20-10-12-6-2-4-8-14(12)17/h2-9,11,18H,10H2,1H3. The van der Waals surface area contributed by atoms with Gasteiger partial charge in [-0.05, 0) is 25.1 Å². The van der Waals surface area contributed by atoms with E-state index in [-0.39, 0.29) is 12.4 Å². The second kappa shape index (κ2) is 6.55. The van der Waals surface area contributed by atoms with E-state index in [9.17, 15) is 9.90 Å². The number of carbonyl (C=O) groups excluding carboxylic acids is 1. The lowest BCUT2D eigenvalue weighted by Gasteiger charge is -2.12. The molecular formula is C16H15ClO3. The Morgan fingerprint density at radius 2 is 1.85 bits per heavy atom. The highest BCUT2D eigenvalue weighted by molar-refractivity contribution is 6.31. The van der Waals surface area contributed by atoms with Gasteiger partial charge in [-0.25, -0.2) is 0 Å². The Morgan fingerprint density at radius 1 is 1.20 bits per heavy atom. The lowest BCUT2D eigenvalue weighted by atomic mass is 10.1. The van der Waals surface area contributed by atoms with E-state index in [4.69, 9.17) is 16.3 Å². The Hall–Kier alpha value is -1.84. The Labute approximate surface area is 122 Å². The number of hydrogen-bond donors (Lipinski definition) is 1. The van der Waals surface area contributed by atoms with Crippen molar-refractivity contribution in [1.29, 1.82) is 0 Å². The van der Waals surface area contributed by atoms with Crippen molar-refractivity contribution < 1.29 is 14.6 Å². The predicted molar refractivity (Wildman–Crippen MR) is 78.2 cm³/mol. The first kappa shape index (κ1) is 14.6. The lowest BCUT2D eigenvalue weighted by molar-refractivity contribution is 0.0775. The number of ether oxygens (including phenoxy) is 1. The molecule has 0 heterocycles. The average molecular weight is 291 g/mol. The first-order valence-corrected chi connectivity index (χ1v) is 6.65. The Balaban J connectivity index is 2.18. The summed E-state index contributed by atoms with van der Waals surface area (Å²) in [7, 11) is 0. The number of halogens is 1. The zero-order chi connectivity index (χ0) is 14.5. The van der Waals surface area contributed by atoms with E-state index in [2.05, 4.69) is 0 Å². The topological polar surface area (TPSA) is 46.5 Å². The summed E-state index contributed by atoms with van der Waals surface area (Å²) in [6, 6.07) is 14.2. The van der Waals surface area contributed by atoms with Gasteiger partial charge < -0.3 is 9.84 Å². The molecule has 0 aliphatic carbocycles. The van der Waals surface area contributed by atoms with Gasteiger partial charge in [0.1, 0.15) is 18.5 Å². The van der Waals surface area contributed by atoms with Gasteiger partial charge in [0.25, 0.3) is 0 Å². The minimum Gasteiger partial charge on any atom is -0.488 e. The maximum Gasteiger partial charge on any atom is 0.194 e. The van der Waals surface area contributed by atoms with E-state index in [0.717, 1.165) is 5.56 Å². The van der Waals surface area contributed by atoms with Crippen molar-refractivity contribution in [3.05, 3.63) is 64.7 Å². The van der Waals surface area contributed by atoms with Crippen LogP contribution in [-0.2, 0) is 6.61 Å². The molecule has 0 bridgehead atoms. The van der Waals surface area contributed by atoms with Gasteiger partial charge in [-0.2, -0.15) is 0 Å². The minimum absolute atomic E-state index is 0.268. The fourth-order valence-corrected chi connectivity index (χ4v) is 1.98. The monoisotopic (exact) mass is 290 g/mol. The minimum atomic E-state index is -1.06. The number of benzene rings is 2. The molecule has 0 amide bonds. The van der Waals surface area contributed by atoms with Crippen LogP contribution in [-0.4, -0.2) is 17.0 Å². The molecule has 0 spiro atoms. The number of aliphatic hydroxyl groups excluding tert-OH is 1. The van der Waals surface area contributed by atoms with Gasteiger partial charge in [0, 0.05) is 10.6 Å². The summed E-state index contributed by atoms with van der Waals surface area (Å²) in [6.07, 6.45) is -1.06. The molecule has 4 heteroatoms. The fourth-order valence-electron chi connectivity index (χ4n) is 1.79. The smallest absolute Gasteiger partial charge is 0.194 e. The van der Waals surface area contributed by atoms with E-state index in [1.807, 2.05) is 18.2 Å². The Morgan fingerprint density at radius 3 is 2.55 bits per heavy atom. The van der Waals surface area contributed by atoms with Crippen molar-refractivity contribution in [2.75, 3.05) is 0 Å². The van der Waals surface area contributed by atoms with Crippen LogP contribution in [0.2, 0.25) is 5.02 Å². The van der Waals surface area contributed by atoms with Crippen LogP contribution in [0.3, 0.4) is 0 Å². The van der Waals surface area contributed by atoms with Crippen molar-refractivity contribution in [3.8, 4) is 5.75 Å². The highest BCUT2D eigenvalue weighted by Gasteiger charge is 2.16. The highest BCUT2D eigenvalue weighted by Crippen LogP contribution is 2.23. The third-order valence-electron chi connectivity index (χ3n) is 2.87. The molecule has 0 aliphatic rings. The number of ketones is 1. The quantitative estimate of drug-likeness (QED) is 0.858. The summed E-state index contributed by atoms with van der Waals surface area (Å²) in [5, 5.41) is 10.0. The molecule has 2 aromatic carbocycles. The van der Waals surface area contributed by atoms with Crippen LogP contribution in [0.4, 0.5) is 0 Å². The molecule has 0 saturated heterocycles. The Kier molecular flexibility index (Phi) is 4.77. The number of Topliss-reactive ketones (excluding diaryl/α,β-unsaturated/α-hetero) is 1. The van der Waals surface area contributed by atoms with E-state index in [1.165, 1.54) is 6.92 Å². The van der Waals surface area contributed by atoms with Gasteiger partial charge in [-0.15, -0.1) is 0 Å². The van der Waals surface area contributed by atoms with E-state index < -0.39 is 6.10 Å².